The third-order valence-electron chi connectivity index (χ3n) is 3.56. The molecule has 3 rings (SSSR count). The fourth-order valence-electron chi connectivity index (χ4n) is 2.36. The van der Waals surface area contributed by atoms with Crippen LogP contribution in [0.5, 0.6) is 11.5 Å². The molecule has 0 saturated carbocycles. The van der Waals surface area contributed by atoms with Crippen molar-refractivity contribution in [1.82, 2.24) is 9.97 Å². The molecule has 0 radical (unpaired) electrons. The Morgan fingerprint density at radius 1 is 1.20 bits per heavy atom. The Labute approximate surface area is 144 Å². The number of hydrogen-bond donors (Lipinski definition) is 1. The van der Waals surface area contributed by atoms with Crippen LogP contribution >= 0.6 is 0 Å². The average molecular weight is 332 g/mol. The fraction of sp³-hybridized carbons (Fsp3) is 0.100. The summed E-state index contributed by atoms with van der Waals surface area (Å²) in [7, 11) is 1.56. The van der Waals surface area contributed by atoms with Crippen molar-refractivity contribution in [1.29, 1.82) is 0 Å². The zero-order chi connectivity index (χ0) is 17.6. The van der Waals surface area contributed by atoms with Crippen LogP contribution in [-0.2, 0) is 0 Å². The second-order valence-electron chi connectivity index (χ2n) is 5.20. The Morgan fingerprint density at radius 2 is 2.04 bits per heavy atom. The van der Waals surface area contributed by atoms with Crippen molar-refractivity contribution >= 4 is 23.2 Å². The second-order valence-corrected chi connectivity index (χ2v) is 5.20. The van der Waals surface area contributed by atoms with Crippen molar-refractivity contribution in [3.63, 3.8) is 0 Å². The largest absolute Gasteiger partial charge is 0.493 e. The highest BCUT2D eigenvalue weighted by molar-refractivity contribution is 5.76. The minimum absolute atomic E-state index is 0.169. The first-order valence-corrected chi connectivity index (χ1v) is 7.62. The summed E-state index contributed by atoms with van der Waals surface area (Å²) in [5.41, 5.74) is 2.39. The van der Waals surface area contributed by atoms with Crippen LogP contribution in [0.15, 0.2) is 47.3 Å². The van der Waals surface area contributed by atoms with Gasteiger partial charge in [0.1, 0.15) is 12.3 Å². The molecule has 1 N–H and O–H groups in total. The maximum atomic E-state index is 12.1. The van der Waals surface area contributed by atoms with Crippen LogP contribution in [0.2, 0.25) is 0 Å². The number of benzene rings is 2. The van der Waals surface area contributed by atoms with E-state index in [2.05, 4.69) is 15.9 Å². The van der Waals surface area contributed by atoms with Gasteiger partial charge in [-0.3, -0.25) is 4.79 Å². The number of rotatable bonds is 5. The maximum Gasteiger partial charge on any atom is 0.274 e. The van der Waals surface area contributed by atoms with Crippen LogP contribution < -0.4 is 15.0 Å². The summed E-state index contributed by atoms with van der Waals surface area (Å²) in [5, 5.41) is 0. The Morgan fingerprint density at radius 3 is 2.84 bits per heavy atom. The van der Waals surface area contributed by atoms with Crippen molar-refractivity contribution < 1.29 is 9.47 Å². The summed E-state index contributed by atoms with van der Waals surface area (Å²) in [4.78, 5) is 19.3. The van der Waals surface area contributed by atoms with Crippen LogP contribution in [0.3, 0.4) is 0 Å². The zero-order valence-electron chi connectivity index (χ0n) is 13.7. The minimum Gasteiger partial charge on any atom is -0.493 e. The monoisotopic (exact) mass is 332 g/mol. The normalized spacial score (nSPS) is 10.7. The molecule has 0 unspecified atom stereocenters. The molecule has 0 aliphatic carbocycles. The van der Waals surface area contributed by atoms with Gasteiger partial charge < -0.3 is 14.5 Å². The van der Waals surface area contributed by atoms with Gasteiger partial charge in [-0.2, -0.15) is 0 Å². The van der Waals surface area contributed by atoms with Crippen molar-refractivity contribution in [2.24, 2.45) is 0 Å². The summed E-state index contributed by atoms with van der Waals surface area (Å²) < 4.78 is 10.7. The third-order valence-corrected chi connectivity index (χ3v) is 3.56. The number of aromatic nitrogens is 2. The number of fused-ring (bicyclic) bond motifs is 1. The third kappa shape index (κ3) is 3.70. The molecule has 5 nitrogen and oxygen atoms in total. The molecule has 2 aromatic carbocycles. The molecule has 1 aromatic heterocycles. The minimum atomic E-state index is -0.240. The van der Waals surface area contributed by atoms with E-state index < -0.39 is 0 Å². The van der Waals surface area contributed by atoms with E-state index in [-0.39, 0.29) is 12.2 Å². The van der Waals surface area contributed by atoms with Crippen LogP contribution in [-0.4, -0.2) is 23.7 Å². The summed E-state index contributed by atoms with van der Waals surface area (Å²) in [6, 6.07) is 12.8. The van der Waals surface area contributed by atoms with Crippen molar-refractivity contribution in [3.05, 3.63) is 64.1 Å². The molecule has 124 valence electrons. The average Bonchev–Trinajstić information content (AvgIpc) is 2.64. The number of hydrogen-bond acceptors (Lipinski definition) is 4. The molecule has 5 heteroatoms. The topological polar surface area (TPSA) is 64.2 Å². The van der Waals surface area contributed by atoms with E-state index in [9.17, 15) is 4.79 Å². The smallest absolute Gasteiger partial charge is 0.274 e. The van der Waals surface area contributed by atoms with Gasteiger partial charge in [-0.25, -0.2) is 4.98 Å². The lowest BCUT2D eigenvalue weighted by Crippen LogP contribution is -2.11. The van der Waals surface area contributed by atoms with Gasteiger partial charge in [0.25, 0.3) is 5.56 Å². The Hall–Kier alpha value is -3.52. The summed E-state index contributed by atoms with van der Waals surface area (Å²) >= 11 is 0. The summed E-state index contributed by atoms with van der Waals surface area (Å²) in [6.07, 6.45) is 8.66. The first-order chi connectivity index (χ1) is 12.2. The van der Waals surface area contributed by atoms with Crippen LogP contribution in [0.4, 0.5) is 0 Å². The maximum absolute atomic E-state index is 12.1. The molecule has 0 aliphatic rings. The highest BCUT2D eigenvalue weighted by Gasteiger charge is 2.05. The zero-order valence-corrected chi connectivity index (χ0v) is 13.7. The molecule has 0 fully saturated rings. The molecule has 0 saturated heterocycles. The van der Waals surface area contributed by atoms with Crippen molar-refractivity contribution in [3.8, 4) is 23.8 Å². The van der Waals surface area contributed by atoms with E-state index in [4.69, 9.17) is 15.9 Å². The number of ether oxygens (including phenoxy) is 2. The molecule has 0 amide bonds. The number of aromatic amines is 1. The fourth-order valence-corrected chi connectivity index (χ4v) is 2.36. The molecule has 0 aliphatic heterocycles. The Kier molecular flexibility index (Phi) is 4.82. The molecular weight excluding hydrogens is 316 g/mol. The van der Waals surface area contributed by atoms with Crippen molar-refractivity contribution in [2.45, 2.75) is 0 Å². The second kappa shape index (κ2) is 7.37. The van der Waals surface area contributed by atoms with Gasteiger partial charge in [-0.1, -0.05) is 30.2 Å². The molecule has 0 atom stereocenters. The first-order valence-electron chi connectivity index (χ1n) is 7.62. The van der Waals surface area contributed by atoms with Gasteiger partial charge in [0.15, 0.2) is 11.5 Å². The molecule has 0 spiro atoms. The lowest BCUT2D eigenvalue weighted by Gasteiger charge is -2.09. The first kappa shape index (κ1) is 16.3. The highest BCUT2D eigenvalue weighted by Crippen LogP contribution is 2.28. The van der Waals surface area contributed by atoms with E-state index in [1.165, 1.54) is 0 Å². The van der Waals surface area contributed by atoms with Gasteiger partial charge in [-0.05, 0) is 35.9 Å². The van der Waals surface area contributed by atoms with E-state index >= 15 is 0 Å². The number of methoxy groups -OCH3 is 1. The van der Waals surface area contributed by atoms with E-state index in [1.54, 1.807) is 31.4 Å². The van der Waals surface area contributed by atoms with Crippen LogP contribution in [0, 0.1) is 12.3 Å². The molecular formula is C20H16N2O3. The number of nitrogens with one attached hydrogen (secondary N) is 1. The molecule has 3 aromatic rings. The lowest BCUT2D eigenvalue weighted by atomic mass is 10.1. The van der Waals surface area contributed by atoms with Gasteiger partial charge in [0, 0.05) is 0 Å². The predicted octanol–water partition coefficient (Wildman–Crippen LogP) is 3.11. The number of terminal acetylenes is 1. The Balaban J connectivity index is 1.90. The Bertz CT molecular complexity index is 1030. The standard InChI is InChI=1S/C20H16N2O3/c1-3-12-25-18-11-9-14(13-19(18)24-2)8-10-17-20(23)22-16-7-5-4-6-15(16)21-17/h1,4-11,13H,12H2,2H3,(H,22,23). The number of para-hydroxylation sites is 2. The van der Waals surface area contributed by atoms with Crippen molar-refractivity contribution in [2.75, 3.05) is 13.7 Å². The number of H-pyrrole nitrogens is 1. The molecule has 0 bridgehead atoms. The van der Waals surface area contributed by atoms with Gasteiger partial charge >= 0.3 is 0 Å². The van der Waals surface area contributed by atoms with E-state index in [0.717, 1.165) is 11.1 Å². The SMILES string of the molecule is C#CCOc1ccc(C=Cc2nc3ccccc3[nH]c2=O)cc1OC. The summed E-state index contributed by atoms with van der Waals surface area (Å²) in [5.74, 6) is 3.55. The van der Waals surface area contributed by atoms with Gasteiger partial charge in [0.05, 0.1) is 18.1 Å². The van der Waals surface area contributed by atoms with Crippen LogP contribution in [0.1, 0.15) is 11.3 Å². The van der Waals surface area contributed by atoms with Crippen LogP contribution in [0.25, 0.3) is 23.2 Å². The highest BCUT2D eigenvalue weighted by atomic mass is 16.5. The van der Waals surface area contributed by atoms with E-state index in [0.29, 0.717) is 22.7 Å². The predicted molar refractivity (Wildman–Crippen MR) is 98.6 cm³/mol. The van der Waals surface area contributed by atoms with Gasteiger partial charge in [0.2, 0.25) is 0 Å². The molecule has 1 heterocycles. The van der Waals surface area contributed by atoms with Gasteiger partial charge in [-0.15, -0.1) is 6.42 Å². The lowest BCUT2D eigenvalue weighted by molar-refractivity contribution is 0.331. The quantitative estimate of drug-likeness (QED) is 0.729. The molecule has 25 heavy (non-hydrogen) atoms. The van der Waals surface area contributed by atoms with E-state index in [1.807, 2.05) is 30.3 Å². The summed E-state index contributed by atoms with van der Waals surface area (Å²) in [6.45, 7) is 0.169. The number of nitrogens with zero attached hydrogens (tertiary/aromatic N) is 1.